The van der Waals surface area contributed by atoms with Gasteiger partial charge in [-0.1, -0.05) is 35.0 Å². The van der Waals surface area contributed by atoms with Crippen molar-refractivity contribution >= 4 is 46.6 Å². The molecular weight excluding hydrogens is 462 g/mol. The second kappa shape index (κ2) is 9.23. The minimum absolute atomic E-state index is 0.0969. The molecule has 30 heavy (non-hydrogen) atoms. The fourth-order valence-corrected chi connectivity index (χ4v) is 3.82. The molecule has 0 saturated heterocycles. The maximum Gasteiger partial charge on any atom is 0.417 e. The van der Waals surface area contributed by atoms with Crippen molar-refractivity contribution < 1.29 is 18.0 Å². The summed E-state index contributed by atoms with van der Waals surface area (Å²) in [5.74, 6) is -0.423. The summed E-state index contributed by atoms with van der Waals surface area (Å²) in [6, 6.07) is 4.31. The zero-order chi connectivity index (χ0) is 21.9. The van der Waals surface area contributed by atoms with E-state index in [0.717, 1.165) is 17.8 Å². The van der Waals surface area contributed by atoms with Crippen LogP contribution in [0.2, 0.25) is 10.2 Å². The first-order valence-corrected chi connectivity index (χ1v) is 10.3. The molecule has 0 spiro atoms. The minimum Gasteiger partial charge on any atom is -0.308 e. The van der Waals surface area contributed by atoms with Crippen LogP contribution in [0.15, 0.2) is 48.0 Å². The number of carbonyl (C=O) groups is 1. The van der Waals surface area contributed by atoms with Gasteiger partial charge in [0.2, 0.25) is 5.91 Å². The van der Waals surface area contributed by atoms with Crippen LogP contribution < -0.4 is 4.90 Å². The normalized spacial score (nSPS) is 11.5. The number of halogens is 5. The molecule has 3 aromatic heterocycles. The Morgan fingerprint density at radius 3 is 2.67 bits per heavy atom. The Morgan fingerprint density at radius 1 is 1.30 bits per heavy atom. The first-order chi connectivity index (χ1) is 14.2. The number of amides is 1. The Bertz CT molecular complexity index is 1050. The summed E-state index contributed by atoms with van der Waals surface area (Å²) in [6.45, 7) is 2.08. The molecule has 1 amide bonds. The molecule has 0 N–H and O–H groups in total. The van der Waals surface area contributed by atoms with Gasteiger partial charge in [-0.15, -0.1) is 0 Å². The fourth-order valence-electron chi connectivity index (χ4n) is 2.52. The third-order valence-corrected chi connectivity index (χ3v) is 5.60. The van der Waals surface area contributed by atoms with Crippen molar-refractivity contribution in [3.8, 4) is 5.69 Å². The number of anilines is 1. The number of hydrogen-bond donors (Lipinski definition) is 0. The lowest BCUT2D eigenvalue weighted by Gasteiger charge is -2.19. The SMILES string of the molecule is CCN(C(=O)CSc1ncc(C(F)(F)F)cc1Cl)c1cn(-c2cccnc2)nc1Cl. The number of rotatable bonds is 6. The van der Waals surface area contributed by atoms with Gasteiger partial charge in [0.15, 0.2) is 5.15 Å². The van der Waals surface area contributed by atoms with E-state index in [1.165, 1.54) is 9.58 Å². The molecule has 0 aromatic carbocycles. The third kappa shape index (κ3) is 5.05. The van der Waals surface area contributed by atoms with Gasteiger partial charge in [0.05, 0.1) is 34.4 Å². The average Bonchev–Trinajstić information content (AvgIpc) is 3.09. The number of carbonyl (C=O) groups excluding carboxylic acids is 1. The molecule has 6 nitrogen and oxygen atoms in total. The number of hydrogen-bond acceptors (Lipinski definition) is 5. The van der Waals surface area contributed by atoms with Crippen molar-refractivity contribution in [2.45, 2.75) is 18.1 Å². The van der Waals surface area contributed by atoms with E-state index in [4.69, 9.17) is 23.2 Å². The predicted octanol–water partition coefficient (Wildman–Crippen LogP) is 5.13. The van der Waals surface area contributed by atoms with Crippen molar-refractivity contribution in [1.29, 1.82) is 0 Å². The van der Waals surface area contributed by atoms with Gasteiger partial charge in [0.25, 0.3) is 0 Å². The van der Waals surface area contributed by atoms with Crippen LogP contribution in [0.4, 0.5) is 18.9 Å². The first-order valence-electron chi connectivity index (χ1n) is 8.52. The smallest absolute Gasteiger partial charge is 0.308 e. The second-order valence-electron chi connectivity index (χ2n) is 5.90. The van der Waals surface area contributed by atoms with Crippen LogP contribution in [-0.4, -0.2) is 38.0 Å². The highest BCUT2D eigenvalue weighted by Gasteiger charge is 2.31. The van der Waals surface area contributed by atoms with Crippen LogP contribution in [0.3, 0.4) is 0 Å². The first kappa shape index (κ1) is 22.4. The molecule has 0 aliphatic carbocycles. The van der Waals surface area contributed by atoms with Gasteiger partial charge in [-0.3, -0.25) is 9.78 Å². The Balaban J connectivity index is 1.74. The van der Waals surface area contributed by atoms with Crippen molar-refractivity contribution in [2.75, 3.05) is 17.2 Å². The average molecular weight is 476 g/mol. The lowest BCUT2D eigenvalue weighted by Crippen LogP contribution is -2.32. The largest absolute Gasteiger partial charge is 0.417 e. The van der Waals surface area contributed by atoms with Crippen LogP contribution in [0.25, 0.3) is 5.69 Å². The fraction of sp³-hybridized carbons (Fsp3) is 0.222. The summed E-state index contributed by atoms with van der Waals surface area (Å²) in [4.78, 5) is 21.9. The summed E-state index contributed by atoms with van der Waals surface area (Å²) in [6.07, 6.45) is 0.966. The van der Waals surface area contributed by atoms with Gasteiger partial charge in [-0.25, -0.2) is 9.67 Å². The monoisotopic (exact) mass is 475 g/mol. The summed E-state index contributed by atoms with van der Waals surface area (Å²) < 4.78 is 39.7. The number of pyridine rings is 2. The van der Waals surface area contributed by atoms with Gasteiger partial charge in [-0.05, 0) is 25.1 Å². The molecule has 12 heteroatoms. The Kier molecular flexibility index (Phi) is 6.89. The number of aromatic nitrogens is 4. The van der Waals surface area contributed by atoms with Gasteiger partial charge < -0.3 is 4.90 Å². The third-order valence-electron chi connectivity index (χ3n) is 3.94. The van der Waals surface area contributed by atoms with E-state index >= 15 is 0 Å². The van der Waals surface area contributed by atoms with E-state index in [9.17, 15) is 18.0 Å². The zero-order valence-electron chi connectivity index (χ0n) is 15.4. The Morgan fingerprint density at radius 2 is 2.07 bits per heavy atom. The van der Waals surface area contributed by atoms with E-state index in [1.54, 1.807) is 37.6 Å². The second-order valence-corrected chi connectivity index (χ2v) is 7.63. The highest BCUT2D eigenvalue weighted by Crippen LogP contribution is 2.34. The van der Waals surface area contributed by atoms with Crippen LogP contribution in [0.5, 0.6) is 0 Å². The molecule has 0 atom stereocenters. The van der Waals surface area contributed by atoms with Crippen molar-refractivity contribution in [1.82, 2.24) is 19.7 Å². The molecular formula is C18H14Cl2F3N5OS. The topological polar surface area (TPSA) is 63.9 Å². The van der Waals surface area contributed by atoms with E-state index in [0.29, 0.717) is 24.1 Å². The summed E-state index contributed by atoms with van der Waals surface area (Å²) in [7, 11) is 0. The summed E-state index contributed by atoms with van der Waals surface area (Å²) in [5, 5.41) is 4.29. The molecule has 158 valence electrons. The van der Waals surface area contributed by atoms with Crippen LogP contribution in [-0.2, 0) is 11.0 Å². The molecule has 0 aliphatic rings. The lowest BCUT2D eigenvalue weighted by atomic mass is 10.3. The summed E-state index contributed by atoms with van der Waals surface area (Å²) in [5.41, 5.74) is 0.123. The van der Waals surface area contributed by atoms with Gasteiger partial charge in [0, 0.05) is 18.9 Å². The van der Waals surface area contributed by atoms with Crippen molar-refractivity contribution in [3.05, 3.63) is 58.7 Å². The van der Waals surface area contributed by atoms with E-state index in [2.05, 4.69) is 15.1 Å². The molecule has 0 fully saturated rings. The van der Waals surface area contributed by atoms with Crippen LogP contribution >= 0.6 is 35.0 Å². The lowest BCUT2D eigenvalue weighted by molar-refractivity contribution is -0.137. The van der Waals surface area contributed by atoms with Crippen molar-refractivity contribution in [3.63, 3.8) is 0 Å². The molecule has 0 bridgehead atoms. The molecule has 0 saturated carbocycles. The van der Waals surface area contributed by atoms with E-state index in [-0.39, 0.29) is 26.9 Å². The standard InChI is InChI=1S/C18H14Cl2F3N5OS/c1-2-27(14-9-28(26-16(14)20)12-4-3-5-24-8-12)15(29)10-30-17-13(19)6-11(7-25-17)18(21,22)23/h3-9H,2,10H2,1H3. The maximum atomic E-state index is 12.7. The summed E-state index contributed by atoms with van der Waals surface area (Å²) >= 11 is 13.1. The number of thioether (sulfide) groups is 1. The molecule has 0 aliphatic heterocycles. The molecule has 3 heterocycles. The van der Waals surface area contributed by atoms with Gasteiger partial charge in [-0.2, -0.15) is 18.3 Å². The molecule has 3 rings (SSSR count). The van der Waals surface area contributed by atoms with Crippen molar-refractivity contribution in [2.24, 2.45) is 0 Å². The minimum atomic E-state index is -4.54. The predicted molar refractivity (Wildman–Crippen MR) is 109 cm³/mol. The number of nitrogens with zero attached hydrogens (tertiary/aromatic N) is 5. The molecule has 0 unspecified atom stereocenters. The van der Waals surface area contributed by atoms with E-state index < -0.39 is 11.7 Å². The highest BCUT2D eigenvalue weighted by atomic mass is 35.5. The Labute approximate surface area is 184 Å². The quantitative estimate of drug-likeness (QED) is 0.462. The van der Waals surface area contributed by atoms with Crippen LogP contribution in [0, 0.1) is 0 Å². The zero-order valence-corrected chi connectivity index (χ0v) is 17.7. The number of alkyl halides is 3. The highest BCUT2D eigenvalue weighted by molar-refractivity contribution is 8.00. The van der Waals surface area contributed by atoms with Gasteiger partial charge >= 0.3 is 6.18 Å². The Hall–Kier alpha value is -2.30. The maximum absolute atomic E-state index is 12.7. The van der Waals surface area contributed by atoms with Gasteiger partial charge in [0.1, 0.15) is 10.7 Å². The van der Waals surface area contributed by atoms with Crippen LogP contribution in [0.1, 0.15) is 12.5 Å². The van der Waals surface area contributed by atoms with E-state index in [1.807, 2.05) is 0 Å². The molecule has 0 radical (unpaired) electrons. The molecule has 3 aromatic rings.